The van der Waals surface area contributed by atoms with E-state index in [1.807, 2.05) is 0 Å². The summed E-state index contributed by atoms with van der Waals surface area (Å²) in [5, 5.41) is 7.41. The van der Waals surface area contributed by atoms with Gasteiger partial charge in [-0.25, -0.2) is 0 Å². The number of rotatable bonds is 4. The quantitative estimate of drug-likeness (QED) is 0.593. The van der Waals surface area contributed by atoms with Crippen LogP contribution in [0.3, 0.4) is 0 Å². The van der Waals surface area contributed by atoms with E-state index in [1.54, 1.807) is 24.3 Å². The van der Waals surface area contributed by atoms with E-state index in [9.17, 15) is 4.79 Å². The third-order valence-corrected chi connectivity index (χ3v) is 6.65. The molecule has 0 spiro atoms. The van der Waals surface area contributed by atoms with Crippen molar-refractivity contribution in [2.24, 2.45) is 0 Å². The number of hydrogen-bond acceptors (Lipinski definition) is 2. The molecule has 2 N–H and O–H groups in total. The Labute approximate surface area is 173 Å². The molecule has 0 bridgehead atoms. The highest BCUT2D eigenvalue weighted by Crippen LogP contribution is 2.53. The van der Waals surface area contributed by atoms with Crippen molar-refractivity contribution in [3.63, 3.8) is 0 Å². The number of hydrogen-bond donors (Lipinski definition) is 2. The number of amides is 1. The molecule has 0 radical (unpaired) electrons. The summed E-state index contributed by atoms with van der Waals surface area (Å²) in [7, 11) is 0. The minimum Gasteiger partial charge on any atom is -0.381 e. The van der Waals surface area contributed by atoms with Gasteiger partial charge in [0.15, 0.2) is 0 Å². The Balaban J connectivity index is 1.55. The van der Waals surface area contributed by atoms with Crippen molar-refractivity contribution in [2.45, 2.75) is 37.1 Å². The first-order valence-electron chi connectivity index (χ1n) is 9.29. The smallest absolute Gasteiger partial charge is 0.251 e. The molecule has 2 aliphatic rings. The van der Waals surface area contributed by atoms with E-state index < -0.39 is 0 Å². The minimum absolute atomic E-state index is 0.0681. The van der Waals surface area contributed by atoms with Gasteiger partial charge < -0.3 is 10.6 Å². The van der Waals surface area contributed by atoms with Gasteiger partial charge in [0.05, 0.1) is 0 Å². The fraction of sp³-hybridized carbons (Fsp3) is 0.318. The molecule has 140 valence electrons. The summed E-state index contributed by atoms with van der Waals surface area (Å²) in [4.78, 5) is 12.5. The van der Waals surface area contributed by atoms with Gasteiger partial charge in [0.2, 0.25) is 0 Å². The lowest BCUT2D eigenvalue weighted by atomic mass is 9.63. The predicted molar refractivity (Wildman–Crippen MR) is 115 cm³/mol. The monoisotopic (exact) mass is 444 g/mol. The van der Waals surface area contributed by atoms with Crippen LogP contribution >= 0.6 is 27.5 Å². The molecule has 1 aliphatic carbocycles. The van der Waals surface area contributed by atoms with Crippen LogP contribution in [0.4, 0.5) is 5.69 Å². The van der Waals surface area contributed by atoms with E-state index >= 15 is 0 Å². The van der Waals surface area contributed by atoms with Crippen LogP contribution in [0.2, 0.25) is 5.02 Å². The zero-order valence-corrected chi connectivity index (χ0v) is 17.4. The average Bonchev–Trinajstić information content (AvgIpc) is 2.97. The first kappa shape index (κ1) is 18.6. The molecule has 0 aromatic heterocycles. The Hall–Kier alpha value is -1.78. The van der Waals surface area contributed by atoms with Crippen molar-refractivity contribution in [2.75, 3.05) is 11.9 Å². The SMILES string of the molecule is C=C1CCCC2Nc3ccc(Br)cc3C12CCNC(=O)c1ccc(Cl)cc1. The maximum atomic E-state index is 12.5. The summed E-state index contributed by atoms with van der Waals surface area (Å²) in [6, 6.07) is 13.7. The van der Waals surface area contributed by atoms with Crippen LogP contribution in [0.5, 0.6) is 0 Å². The van der Waals surface area contributed by atoms with Gasteiger partial charge >= 0.3 is 0 Å². The Kier molecular flexibility index (Phi) is 5.04. The zero-order valence-electron chi connectivity index (χ0n) is 15.0. The molecular weight excluding hydrogens is 424 g/mol. The molecule has 4 rings (SSSR count). The lowest BCUT2D eigenvalue weighted by Gasteiger charge is -2.42. The van der Waals surface area contributed by atoms with Crippen LogP contribution in [0.15, 0.2) is 59.1 Å². The van der Waals surface area contributed by atoms with E-state index in [0.29, 0.717) is 23.2 Å². The molecule has 2 aromatic carbocycles. The summed E-state index contributed by atoms with van der Waals surface area (Å²) < 4.78 is 1.08. The molecule has 1 heterocycles. The van der Waals surface area contributed by atoms with Crippen LogP contribution in [-0.2, 0) is 5.41 Å². The van der Waals surface area contributed by atoms with Crippen molar-refractivity contribution >= 4 is 39.1 Å². The van der Waals surface area contributed by atoms with E-state index in [0.717, 1.165) is 30.2 Å². The van der Waals surface area contributed by atoms with Crippen molar-refractivity contribution in [3.05, 3.63) is 75.2 Å². The highest BCUT2D eigenvalue weighted by atomic mass is 79.9. The molecule has 2 unspecified atom stereocenters. The number of anilines is 1. The largest absolute Gasteiger partial charge is 0.381 e. The van der Waals surface area contributed by atoms with Gasteiger partial charge in [-0.3, -0.25) is 4.79 Å². The van der Waals surface area contributed by atoms with E-state index in [2.05, 4.69) is 51.3 Å². The second kappa shape index (κ2) is 7.33. The van der Waals surface area contributed by atoms with Gasteiger partial charge in [0.1, 0.15) is 0 Å². The van der Waals surface area contributed by atoms with Gasteiger partial charge in [-0.05, 0) is 73.7 Å². The van der Waals surface area contributed by atoms with Gasteiger partial charge in [0.25, 0.3) is 5.91 Å². The molecule has 1 saturated carbocycles. The molecule has 0 saturated heterocycles. The fourth-order valence-corrected chi connectivity index (χ4v) is 5.06. The standard InChI is InChI=1S/C22H22BrClN2O/c1-14-3-2-4-20-22(14,18-13-16(23)7-10-19(18)26-20)11-12-25-21(27)15-5-8-17(24)9-6-15/h5-10,13,20,26H,1-4,11-12H2,(H,25,27). The Morgan fingerprint density at radius 2 is 2.07 bits per heavy atom. The number of nitrogens with one attached hydrogen (secondary N) is 2. The average molecular weight is 446 g/mol. The van der Waals surface area contributed by atoms with Gasteiger partial charge in [-0.2, -0.15) is 0 Å². The first-order valence-corrected chi connectivity index (χ1v) is 10.5. The van der Waals surface area contributed by atoms with Gasteiger partial charge in [-0.1, -0.05) is 39.7 Å². The highest BCUT2D eigenvalue weighted by molar-refractivity contribution is 9.10. The van der Waals surface area contributed by atoms with E-state index in [4.69, 9.17) is 11.6 Å². The third-order valence-electron chi connectivity index (χ3n) is 5.90. The number of carbonyl (C=O) groups is 1. The van der Waals surface area contributed by atoms with Crippen molar-refractivity contribution in [3.8, 4) is 0 Å². The molecule has 2 aromatic rings. The Morgan fingerprint density at radius 3 is 2.85 bits per heavy atom. The second-order valence-electron chi connectivity index (χ2n) is 7.37. The summed E-state index contributed by atoms with van der Waals surface area (Å²) in [6.45, 7) is 5.04. The lowest BCUT2D eigenvalue weighted by Crippen LogP contribution is -2.45. The normalized spacial score (nSPS) is 23.3. The molecular formula is C22H22BrClN2O. The topological polar surface area (TPSA) is 41.1 Å². The van der Waals surface area contributed by atoms with Gasteiger partial charge in [-0.15, -0.1) is 0 Å². The van der Waals surface area contributed by atoms with E-state index in [1.165, 1.54) is 16.8 Å². The lowest BCUT2D eigenvalue weighted by molar-refractivity contribution is 0.0950. The summed E-state index contributed by atoms with van der Waals surface area (Å²) in [5.74, 6) is -0.0681. The van der Waals surface area contributed by atoms with Crippen LogP contribution in [-0.4, -0.2) is 18.5 Å². The number of benzene rings is 2. The summed E-state index contributed by atoms with van der Waals surface area (Å²) in [6.07, 6.45) is 4.16. The predicted octanol–water partition coefficient (Wildman–Crippen LogP) is 5.69. The zero-order chi connectivity index (χ0) is 19.0. The first-order chi connectivity index (χ1) is 13.0. The van der Waals surface area contributed by atoms with Crippen LogP contribution in [0.1, 0.15) is 41.6 Å². The Bertz CT molecular complexity index is 896. The summed E-state index contributed by atoms with van der Waals surface area (Å²) >= 11 is 9.52. The fourth-order valence-electron chi connectivity index (χ4n) is 4.57. The number of carbonyl (C=O) groups excluding carboxylic acids is 1. The van der Waals surface area contributed by atoms with Crippen LogP contribution in [0.25, 0.3) is 0 Å². The molecule has 3 nitrogen and oxygen atoms in total. The second-order valence-corrected chi connectivity index (χ2v) is 8.72. The third kappa shape index (κ3) is 3.30. The van der Waals surface area contributed by atoms with E-state index in [-0.39, 0.29) is 11.3 Å². The Morgan fingerprint density at radius 1 is 1.30 bits per heavy atom. The van der Waals surface area contributed by atoms with Crippen molar-refractivity contribution < 1.29 is 4.79 Å². The van der Waals surface area contributed by atoms with Crippen molar-refractivity contribution in [1.82, 2.24) is 5.32 Å². The van der Waals surface area contributed by atoms with Crippen LogP contribution < -0.4 is 10.6 Å². The van der Waals surface area contributed by atoms with Crippen molar-refractivity contribution in [1.29, 1.82) is 0 Å². The maximum absolute atomic E-state index is 12.5. The molecule has 1 amide bonds. The molecule has 5 heteroatoms. The number of halogens is 2. The highest BCUT2D eigenvalue weighted by Gasteiger charge is 2.49. The van der Waals surface area contributed by atoms with Crippen LogP contribution in [0, 0.1) is 0 Å². The molecule has 27 heavy (non-hydrogen) atoms. The van der Waals surface area contributed by atoms with Gasteiger partial charge in [0, 0.05) is 38.7 Å². The summed E-state index contributed by atoms with van der Waals surface area (Å²) in [5.41, 5.74) is 4.26. The molecule has 2 atom stereocenters. The maximum Gasteiger partial charge on any atom is 0.251 e. The molecule has 1 aliphatic heterocycles. The minimum atomic E-state index is -0.120. The number of fused-ring (bicyclic) bond motifs is 3. The molecule has 1 fully saturated rings.